The molecular formula is C12H14N2O2. The highest BCUT2D eigenvalue weighted by molar-refractivity contribution is 5.83. The molecule has 1 aromatic heterocycles. The van der Waals surface area contributed by atoms with Crippen molar-refractivity contribution < 1.29 is 9.90 Å². The summed E-state index contributed by atoms with van der Waals surface area (Å²) in [5, 5.41) is 12.8. The van der Waals surface area contributed by atoms with E-state index in [1.807, 2.05) is 37.5 Å². The van der Waals surface area contributed by atoms with Crippen LogP contribution in [0.3, 0.4) is 0 Å². The molecular weight excluding hydrogens is 204 g/mol. The zero-order valence-corrected chi connectivity index (χ0v) is 9.10. The van der Waals surface area contributed by atoms with Crippen LogP contribution in [-0.2, 0) is 11.8 Å². The van der Waals surface area contributed by atoms with Crippen LogP contribution in [0.15, 0.2) is 30.5 Å². The van der Waals surface area contributed by atoms with Crippen LogP contribution in [0.2, 0.25) is 0 Å². The predicted octanol–water partition coefficient (Wildman–Crippen LogP) is 2.06. The molecule has 0 fully saturated rings. The third-order valence-corrected chi connectivity index (χ3v) is 2.55. The number of rotatable bonds is 4. The van der Waals surface area contributed by atoms with Gasteiger partial charge in [0.05, 0.1) is 6.42 Å². The zero-order chi connectivity index (χ0) is 11.5. The molecule has 16 heavy (non-hydrogen) atoms. The number of aliphatic carboxylic acids is 1. The van der Waals surface area contributed by atoms with Crippen LogP contribution in [0.1, 0.15) is 6.42 Å². The van der Waals surface area contributed by atoms with Gasteiger partial charge in [-0.15, -0.1) is 0 Å². The second-order valence-corrected chi connectivity index (χ2v) is 3.77. The second kappa shape index (κ2) is 4.26. The SMILES string of the molecule is Cn1ccc2cc(NCCC(=O)O)ccc21. The Bertz CT molecular complexity index is 517. The van der Waals surface area contributed by atoms with Gasteiger partial charge in [-0.25, -0.2) is 0 Å². The molecule has 0 bridgehead atoms. The van der Waals surface area contributed by atoms with Crippen LogP contribution in [0.4, 0.5) is 5.69 Å². The number of carbonyl (C=O) groups is 1. The first-order chi connectivity index (χ1) is 7.66. The smallest absolute Gasteiger partial charge is 0.305 e. The molecule has 0 aliphatic rings. The fraction of sp³-hybridized carbons (Fsp3) is 0.250. The van der Waals surface area contributed by atoms with Crippen molar-refractivity contribution in [2.75, 3.05) is 11.9 Å². The Morgan fingerprint density at radius 3 is 3.00 bits per heavy atom. The minimum absolute atomic E-state index is 0.132. The summed E-state index contributed by atoms with van der Waals surface area (Å²) >= 11 is 0. The van der Waals surface area contributed by atoms with Gasteiger partial charge in [0.25, 0.3) is 0 Å². The number of anilines is 1. The van der Waals surface area contributed by atoms with Crippen molar-refractivity contribution in [3.05, 3.63) is 30.5 Å². The summed E-state index contributed by atoms with van der Waals surface area (Å²) in [6.07, 6.45) is 2.14. The molecule has 0 unspecified atom stereocenters. The van der Waals surface area contributed by atoms with Gasteiger partial charge >= 0.3 is 5.97 Å². The minimum Gasteiger partial charge on any atom is -0.481 e. The Balaban J connectivity index is 2.11. The molecule has 0 aliphatic carbocycles. The number of hydrogen-bond acceptors (Lipinski definition) is 2. The molecule has 0 atom stereocenters. The number of hydrogen-bond donors (Lipinski definition) is 2. The highest BCUT2D eigenvalue weighted by Gasteiger charge is 2.00. The van der Waals surface area contributed by atoms with E-state index in [0.717, 1.165) is 11.1 Å². The molecule has 0 spiro atoms. The average molecular weight is 218 g/mol. The van der Waals surface area contributed by atoms with Gasteiger partial charge in [0.2, 0.25) is 0 Å². The normalized spacial score (nSPS) is 10.6. The number of nitrogens with zero attached hydrogens (tertiary/aromatic N) is 1. The average Bonchev–Trinajstić information content (AvgIpc) is 2.60. The van der Waals surface area contributed by atoms with E-state index < -0.39 is 5.97 Å². The number of aryl methyl sites for hydroxylation is 1. The van der Waals surface area contributed by atoms with E-state index in [-0.39, 0.29) is 6.42 Å². The van der Waals surface area contributed by atoms with Gasteiger partial charge in [-0.3, -0.25) is 4.79 Å². The molecule has 4 heteroatoms. The number of carboxylic acid groups (broad SMARTS) is 1. The van der Waals surface area contributed by atoms with Gasteiger partial charge in [0.1, 0.15) is 0 Å². The summed E-state index contributed by atoms with van der Waals surface area (Å²) in [4.78, 5) is 10.4. The van der Waals surface area contributed by atoms with Crippen molar-refractivity contribution in [3.8, 4) is 0 Å². The fourth-order valence-corrected chi connectivity index (χ4v) is 1.71. The first kappa shape index (κ1) is 10.5. The number of fused-ring (bicyclic) bond motifs is 1. The summed E-state index contributed by atoms with van der Waals surface area (Å²) < 4.78 is 2.05. The lowest BCUT2D eigenvalue weighted by Gasteiger charge is -2.05. The van der Waals surface area contributed by atoms with E-state index in [4.69, 9.17) is 5.11 Å². The Labute approximate surface area is 93.5 Å². The van der Waals surface area contributed by atoms with Crippen molar-refractivity contribution in [2.45, 2.75) is 6.42 Å². The lowest BCUT2D eigenvalue weighted by atomic mass is 10.2. The van der Waals surface area contributed by atoms with Gasteiger partial charge in [0.15, 0.2) is 0 Å². The van der Waals surface area contributed by atoms with E-state index >= 15 is 0 Å². The summed E-state index contributed by atoms with van der Waals surface area (Å²) in [7, 11) is 2.00. The predicted molar refractivity (Wildman–Crippen MR) is 63.7 cm³/mol. The van der Waals surface area contributed by atoms with Crippen LogP contribution in [0, 0.1) is 0 Å². The molecule has 1 aromatic carbocycles. The largest absolute Gasteiger partial charge is 0.481 e. The molecule has 84 valence electrons. The summed E-state index contributed by atoms with van der Waals surface area (Å²) in [5.41, 5.74) is 2.13. The Morgan fingerprint density at radius 1 is 1.44 bits per heavy atom. The summed E-state index contributed by atoms with van der Waals surface area (Å²) in [6, 6.07) is 8.05. The first-order valence-corrected chi connectivity index (χ1v) is 5.17. The highest BCUT2D eigenvalue weighted by Crippen LogP contribution is 2.19. The molecule has 0 radical (unpaired) electrons. The van der Waals surface area contributed by atoms with Crippen LogP contribution in [-0.4, -0.2) is 22.2 Å². The number of benzene rings is 1. The van der Waals surface area contributed by atoms with E-state index in [2.05, 4.69) is 9.88 Å². The molecule has 0 aliphatic heterocycles. The molecule has 0 saturated carbocycles. The zero-order valence-electron chi connectivity index (χ0n) is 9.10. The molecule has 2 aromatic rings. The lowest BCUT2D eigenvalue weighted by molar-refractivity contribution is -0.136. The fourth-order valence-electron chi connectivity index (χ4n) is 1.71. The quantitative estimate of drug-likeness (QED) is 0.826. The molecule has 0 saturated heterocycles. The minimum atomic E-state index is -0.784. The van der Waals surface area contributed by atoms with Gasteiger partial charge in [-0.2, -0.15) is 0 Å². The topological polar surface area (TPSA) is 54.3 Å². The third-order valence-electron chi connectivity index (χ3n) is 2.55. The standard InChI is InChI=1S/C12H14N2O2/c1-14-7-5-9-8-10(2-3-11(9)14)13-6-4-12(15)16/h2-3,5,7-8,13H,4,6H2,1H3,(H,15,16). The number of aromatic nitrogens is 1. The van der Waals surface area contributed by atoms with E-state index in [1.165, 1.54) is 5.52 Å². The Kier molecular flexibility index (Phi) is 2.81. The maximum atomic E-state index is 10.4. The lowest BCUT2D eigenvalue weighted by Crippen LogP contribution is -2.07. The molecule has 2 rings (SSSR count). The maximum Gasteiger partial charge on any atom is 0.305 e. The maximum absolute atomic E-state index is 10.4. The van der Waals surface area contributed by atoms with Crippen molar-refractivity contribution in [2.24, 2.45) is 7.05 Å². The van der Waals surface area contributed by atoms with Gasteiger partial charge in [0, 0.05) is 36.4 Å². The van der Waals surface area contributed by atoms with Gasteiger partial charge in [-0.05, 0) is 24.3 Å². The third kappa shape index (κ3) is 2.16. The van der Waals surface area contributed by atoms with Crippen molar-refractivity contribution in [1.82, 2.24) is 4.57 Å². The van der Waals surface area contributed by atoms with Crippen molar-refractivity contribution >= 4 is 22.6 Å². The van der Waals surface area contributed by atoms with Crippen LogP contribution < -0.4 is 5.32 Å². The number of nitrogens with one attached hydrogen (secondary N) is 1. The van der Waals surface area contributed by atoms with Gasteiger partial charge in [-0.1, -0.05) is 0 Å². The number of carboxylic acids is 1. The Hall–Kier alpha value is -1.97. The van der Waals surface area contributed by atoms with Crippen LogP contribution >= 0.6 is 0 Å². The Morgan fingerprint density at radius 2 is 2.25 bits per heavy atom. The highest BCUT2D eigenvalue weighted by atomic mass is 16.4. The first-order valence-electron chi connectivity index (χ1n) is 5.17. The molecule has 1 heterocycles. The molecule has 2 N–H and O–H groups in total. The van der Waals surface area contributed by atoms with E-state index in [1.54, 1.807) is 0 Å². The molecule has 4 nitrogen and oxygen atoms in total. The van der Waals surface area contributed by atoms with Crippen LogP contribution in [0.5, 0.6) is 0 Å². The summed E-state index contributed by atoms with van der Waals surface area (Å²) in [5.74, 6) is -0.784. The monoisotopic (exact) mass is 218 g/mol. The van der Waals surface area contributed by atoms with Gasteiger partial charge < -0.3 is 15.0 Å². The van der Waals surface area contributed by atoms with E-state index in [9.17, 15) is 4.79 Å². The molecule has 0 amide bonds. The van der Waals surface area contributed by atoms with E-state index in [0.29, 0.717) is 6.54 Å². The van der Waals surface area contributed by atoms with Crippen molar-refractivity contribution in [1.29, 1.82) is 0 Å². The van der Waals surface area contributed by atoms with Crippen LogP contribution in [0.25, 0.3) is 10.9 Å². The summed E-state index contributed by atoms with van der Waals surface area (Å²) in [6.45, 7) is 0.452. The second-order valence-electron chi connectivity index (χ2n) is 3.77. The van der Waals surface area contributed by atoms with Crippen molar-refractivity contribution in [3.63, 3.8) is 0 Å².